The standard InChI is InChI=1S/C24H22N4O6.CHF3O3S/c1-2-24(34-20(30)10-26-19(29)9-25)16-8-18-21-14(7-13-5-3-4-6-17(13)27-21)11-28(18)22(31)15(16)12-33-23(24)32;2-1(3,4)8(5,6)7/h3-8H,2,9-12,25H2,1H3,(H,26,29);(H,5,6,7)/t24-;/m0./s1. The van der Waals surface area contributed by atoms with E-state index in [1.54, 1.807) is 17.6 Å². The van der Waals surface area contributed by atoms with E-state index in [-0.39, 0.29) is 30.7 Å². The number of carbonyl (C=O) groups excluding carboxylic acids is 3. The number of hydrogen-bond donors (Lipinski definition) is 2. The van der Waals surface area contributed by atoms with Gasteiger partial charge in [0.15, 0.2) is 10.1 Å². The number of nitrogens with zero attached hydrogens (tertiary/aromatic N) is 1. The highest BCUT2D eigenvalue weighted by atomic mass is 32.2. The molecule has 4 heterocycles. The van der Waals surface area contributed by atoms with Gasteiger partial charge < -0.3 is 25.1 Å². The summed E-state index contributed by atoms with van der Waals surface area (Å²) in [7, 11) is -6.09. The van der Waals surface area contributed by atoms with Crippen molar-refractivity contribution in [2.45, 2.75) is 37.6 Å². The zero-order valence-electron chi connectivity index (χ0n) is 21.7. The van der Waals surface area contributed by atoms with Crippen molar-refractivity contribution in [1.82, 2.24) is 9.88 Å². The average molecular weight is 613 g/mol. The first-order chi connectivity index (χ1) is 19.6. The molecule has 0 fully saturated rings. The number of nitrogens with one attached hydrogen (secondary N) is 2. The molecular weight excluding hydrogens is 589 g/mol. The van der Waals surface area contributed by atoms with Gasteiger partial charge in [0.2, 0.25) is 22.7 Å². The summed E-state index contributed by atoms with van der Waals surface area (Å²) in [6.07, 6.45) is 0.0482. The Hall–Kier alpha value is -4.35. The number of ether oxygens (including phenoxy) is 2. The number of carbonyl (C=O) groups is 3. The van der Waals surface area contributed by atoms with Crippen LogP contribution in [0.5, 0.6) is 0 Å². The van der Waals surface area contributed by atoms with E-state index in [4.69, 9.17) is 28.2 Å². The third-order valence-corrected chi connectivity index (χ3v) is 7.22. The molecule has 5 rings (SSSR count). The second kappa shape index (κ2) is 11.1. The molecule has 42 heavy (non-hydrogen) atoms. The van der Waals surface area contributed by atoms with Crippen molar-refractivity contribution >= 4 is 38.9 Å². The fourth-order valence-corrected chi connectivity index (χ4v) is 4.63. The predicted octanol–water partition coefficient (Wildman–Crippen LogP) is 0.176. The maximum absolute atomic E-state index is 13.5. The van der Waals surface area contributed by atoms with Crippen molar-refractivity contribution in [3.63, 3.8) is 0 Å². The van der Waals surface area contributed by atoms with E-state index in [0.29, 0.717) is 17.8 Å². The van der Waals surface area contributed by atoms with Crippen LogP contribution >= 0.6 is 0 Å². The van der Waals surface area contributed by atoms with Crippen LogP contribution in [0.25, 0.3) is 22.3 Å². The Kier molecular flexibility index (Phi) is 8.12. The van der Waals surface area contributed by atoms with Gasteiger partial charge >= 0.3 is 17.4 Å². The Labute approximate surface area is 235 Å². The summed E-state index contributed by atoms with van der Waals surface area (Å²) >= 11 is 0. The number of halogens is 3. The molecule has 1 amide bonds. The number of fused-ring (bicyclic) bond motifs is 5. The molecule has 1 atom stereocenters. The van der Waals surface area contributed by atoms with Crippen LogP contribution in [-0.2, 0) is 52.7 Å². The van der Waals surface area contributed by atoms with Gasteiger partial charge in [-0.1, -0.05) is 19.1 Å². The zero-order valence-corrected chi connectivity index (χ0v) is 22.6. The highest BCUT2D eigenvalue weighted by molar-refractivity contribution is 7.86. The quantitative estimate of drug-likeness (QED) is 0.178. The first-order valence-corrected chi connectivity index (χ1v) is 13.6. The molecule has 224 valence electrons. The second-order valence-electron chi connectivity index (χ2n) is 9.18. The average Bonchev–Trinajstić information content (AvgIpc) is 3.29. The van der Waals surface area contributed by atoms with Crippen LogP contribution in [0.15, 0.2) is 41.2 Å². The third-order valence-electron chi connectivity index (χ3n) is 6.65. The molecule has 0 unspecified atom stereocenters. The van der Waals surface area contributed by atoms with Gasteiger partial charge in [-0.3, -0.25) is 19.0 Å². The number of pyridine rings is 2. The summed E-state index contributed by atoms with van der Waals surface area (Å²) in [5.41, 5.74) is 1.27. The number of nitrogens with two attached hydrogens (primary N) is 1. The molecule has 0 bridgehead atoms. The van der Waals surface area contributed by atoms with Crippen LogP contribution < -0.4 is 21.6 Å². The largest absolute Gasteiger partial charge is 0.741 e. The van der Waals surface area contributed by atoms with Gasteiger partial charge in [0.25, 0.3) is 5.56 Å². The SMILES string of the molecule is CC[C@@]1(OC(=O)CNC(=O)CN)C(=O)OCc2c1cc1n(c2=O)Cc2cc3ccccc3[nH+]c2-1.O=S(=O)([O-])C(F)(F)F. The van der Waals surface area contributed by atoms with E-state index in [9.17, 15) is 32.3 Å². The molecule has 13 nitrogen and oxygen atoms in total. The van der Waals surface area contributed by atoms with Gasteiger partial charge in [-0.25, -0.2) is 18.2 Å². The smallest absolute Gasteiger partial charge is 0.485 e. The summed E-state index contributed by atoms with van der Waals surface area (Å²) in [4.78, 5) is 53.8. The van der Waals surface area contributed by atoms with Crippen molar-refractivity contribution in [1.29, 1.82) is 0 Å². The highest BCUT2D eigenvalue weighted by Gasteiger charge is 2.50. The number of alkyl halides is 3. The molecule has 0 spiro atoms. The van der Waals surface area contributed by atoms with E-state index < -0.39 is 45.6 Å². The topological polar surface area (TPSA) is 201 Å². The molecule has 2 aliphatic rings. The summed E-state index contributed by atoms with van der Waals surface area (Å²) < 4.78 is 71.4. The first kappa shape index (κ1) is 30.6. The molecule has 17 heteroatoms. The van der Waals surface area contributed by atoms with Crippen molar-refractivity contribution in [3.8, 4) is 11.4 Å². The van der Waals surface area contributed by atoms with Crippen LogP contribution in [0.3, 0.4) is 0 Å². The van der Waals surface area contributed by atoms with Crippen LogP contribution in [0.2, 0.25) is 0 Å². The number of aromatic amines is 1. The van der Waals surface area contributed by atoms with Crippen LogP contribution in [0.4, 0.5) is 13.2 Å². The molecule has 0 saturated heterocycles. The Bertz CT molecular complexity index is 1770. The van der Waals surface area contributed by atoms with Crippen molar-refractivity contribution < 1.29 is 55.0 Å². The Morgan fingerprint density at radius 2 is 1.90 bits per heavy atom. The fraction of sp³-hybridized carbons (Fsp3) is 0.320. The Morgan fingerprint density at radius 3 is 2.52 bits per heavy atom. The number of cyclic esters (lactones) is 1. The van der Waals surface area contributed by atoms with E-state index in [0.717, 1.165) is 22.2 Å². The number of esters is 2. The summed E-state index contributed by atoms with van der Waals surface area (Å²) in [6.45, 7) is 1.08. The number of rotatable bonds is 5. The normalized spacial score (nSPS) is 17.2. The minimum absolute atomic E-state index is 0.0482. The van der Waals surface area contributed by atoms with Gasteiger partial charge in [0, 0.05) is 22.6 Å². The number of aromatic nitrogens is 2. The minimum atomic E-state index is -6.09. The minimum Gasteiger partial charge on any atom is -0.741 e. The molecule has 0 saturated carbocycles. The van der Waals surface area contributed by atoms with Crippen LogP contribution in [0, 0.1) is 0 Å². The lowest BCUT2D eigenvalue weighted by molar-refractivity contribution is -0.331. The summed E-state index contributed by atoms with van der Waals surface area (Å²) in [6, 6.07) is 11.5. The van der Waals surface area contributed by atoms with Gasteiger partial charge in [0.05, 0.1) is 18.7 Å². The van der Waals surface area contributed by atoms with Gasteiger partial charge in [-0.2, -0.15) is 13.2 Å². The van der Waals surface area contributed by atoms with Crippen molar-refractivity contribution in [2.24, 2.45) is 5.73 Å². The predicted molar refractivity (Wildman–Crippen MR) is 135 cm³/mol. The van der Waals surface area contributed by atoms with E-state index in [2.05, 4.69) is 10.3 Å². The maximum atomic E-state index is 13.5. The third kappa shape index (κ3) is 5.57. The van der Waals surface area contributed by atoms with E-state index in [1.165, 1.54) is 0 Å². The van der Waals surface area contributed by atoms with Gasteiger partial charge in [-0.05, 0) is 24.6 Å². The Morgan fingerprint density at radius 1 is 1.24 bits per heavy atom. The van der Waals surface area contributed by atoms with Gasteiger partial charge in [0.1, 0.15) is 18.8 Å². The number of para-hydroxylation sites is 1. The maximum Gasteiger partial charge on any atom is 0.485 e. The lowest BCUT2D eigenvalue weighted by Gasteiger charge is -2.35. The molecule has 2 aromatic heterocycles. The van der Waals surface area contributed by atoms with E-state index in [1.807, 2.05) is 30.3 Å². The summed E-state index contributed by atoms with van der Waals surface area (Å²) in [5, 5.41) is 3.34. The lowest BCUT2D eigenvalue weighted by Crippen LogP contribution is -2.49. The number of benzene rings is 1. The van der Waals surface area contributed by atoms with Gasteiger partial charge in [-0.15, -0.1) is 0 Å². The molecule has 1 aromatic carbocycles. The van der Waals surface area contributed by atoms with E-state index >= 15 is 0 Å². The van der Waals surface area contributed by atoms with Crippen LogP contribution in [-0.4, -0.2) is 54.0 Å². The Balaban J connectivity index is 0.000000446. The summed E-state index contributed by atoms with van der Waals surface area (Å²) in [5.74, 6) is -2.14. The molecular formula is C25H23F3N4O9S. The van der Waals surface area contributed by atoms with Crippen molar-refractivity contribution in [2.75, 3.05) is 13.1 Å². The number of hydrogen-bond acceptors (Lipinski definition) is 10. The zero-order chi connectivity index (χ0) is 31.0. The highest BCUT2D eigenvalue weighted by Crippen LogP contribution is 2.40. The van der Waals surface area contributed by atoms with Crippen molar-refractivity contribution in [3.05, 3.63) is 63.4 Å². The second-order valence-corrected chi connectivity index (χ2v) is 10.6. The number of amides is 1. The monoisotopic (exact) mass is 612 g/mol. The number of H-pyrrole nitrogens is 1. The van der Waals surface area contributed by atoms with Crippen LogP contribution in [0.1, 0.15) is 30.0 Å². The first-order valence-electron chi connectivity index (χ1n) is 12.2. The fourth-order valence-electron chi connectivity index (χ4n) is 4.63. The molecule has 4 N–H and O–H groups in total. The molecule has 0 radical (unpaired) electrons. The lowest BCUT2D eigenvalue weighted by atomic mass is 9.85. The molecule has 3 aromatic rings. The molecule has 0 aliphatic carbocycles. The molecule has 2 aliphatic heterocycles.